The average Bonchev–Trinajstić information content (AvgIpc) is 2.87. The number of nitrogens with zero attached hydrogens (tertiary/aromatic N) is 1. The molecule has 0 unspecified atom stereocenters. The number of hydrogen-bond acceptors (Lipinski definition) is 5. The third-order valence-electron chi connectivity index (χ3n) is 4.24. The lowest BCUT2D eigenvalue weighted by Crippen LogP contribution is -2.27. The van der Waals surface area contributed by atoms with Crippen molar-refractivity contribution in [1.82, 2.24) is 10.2 Å². The zero-order chi connectivity index (χ0) is 17.4. The van der Waals surface area contributed by atoms with Crippen LogP contribution in [0.25, 0.3) is 0 Å². The van der Waals surface area contributed by atoms with Crippen molar-refractivity contribution in [3.8, 4) is 5.88 Å². The van der Waals surface area contributed by atoms with Gasteiger partial charge in [0.25, 0.3) is 0 Å². The molecule has 1 aliphatic rings. The molecule has 6 heteroatoms. The minimum Gasteiger partial charge on any atom is -0.462 e. The largest absolute Gasteiger partial charge is 0.462 e. The van der Waals surface area contributed by atoms with Crippen LogP contribution in [0.4, 0.5) is 0 Å². The first-order chi connectivity index (χ1) is 11.4. The molecule has 1 aromatic carbocycles. The smallest absolute Gasteiger partial charge is 0.340 e. The monoisotopic (exact) mass is 327 g/mol. The third-order valence-corrected chi connectivity index (χ3v) is 4.24. The quantitative estimate of drug-likeness (QED) is 0.846. The summed E-state index contributed by atoms with van der Waals surface area (Å²) < 4.78 is 10.8. The van der Waals surface area contributed by atoms with Crippen LogP contribution in [0.3, 0.4) is 0 Å². The van der Waals surface area contributed by atoms with Crippen molar-refractivity contribution >= 4 is 5.97 Å². The van der Waals surface area contributed by atoms with Gasteiger partial charge in [-0.05, 0) is 38.8 Å². The second-order valence-corrected chi connectivity index (χ2v) is 5.96. The number of carbonyl (C=O) groups is 1. The maximum atomic E-state index is 12.5. The summed E-state index contributed by atoms with van der Waals surface area (Å²) in [5.41, 5.74) is 11.2. The predicted molar refractivity (Wildman–Crippen MR) is 89.6 cm³/mol. The van der Waals surface area contributed by atoms with Gasteiger partial charge in [-0.3, -0.25) is 5.10 Å². The fraction of sp³-hybridized carbons (Fsp3) is 0.333. The molecule has 0 saturated carbocycles. The number of ether oxygens (including phenoxy) is 2. The molecule has 1 aromatic heterocycles. The highest BCUT2D eigenvalue weighted by Gasteiger charge is 2.38. The lowest BCUT2D eigenvalue weighted by molar-refractivity contribution is -0.139. The fourth-order valence-electron chi connectivity index (χ4n) is 3.17. The van der Waals surface area contributed by atoms with Gasteiger partial charge in [0.2, 0.25) is 11.8 Å². The number of nitrogens with two attached hydrogens (primary N) is 1. The van der Waals surface area contributed by atoms with Crippen LogP contribution < -0.4 is 10.5 Å². The molecule has 0 saturated heterocycles. The predicted octanol–water partition coefficient (Wildman–Crippen LogP) is 2.59. The Balaban J connectivity index is 2.23. The number of aryl methyl sites for hydroxylation is 3. The molecule has 126 valence electrons. The van der Waals surface area contributed by atoms with Crippen LogP contribution >= 0.6 is 0 Å². The molecule has 2 heterocycles. The highest BCUT2D eigenvalue weighted by molar-refractivity contribution is 5.92. The number of carbonyl (C=O) groups excluding carboxylic acids is 1. The Morgan fingerprint density at radius 3 is 2.79 bits per heavy atom. The SMILES string of the molecule is CCOC(=O)C1=C(N)Oc2n[nH]c(C)c2[C@H]1c1ccc(C)cc1C. The van der Waals surface area contributed by atoms with E-state index in [0.29, 0.717) is 11.5 Å². The first-order valence-electron chi connectivity index (χ1n) is 7.90. The van der Waals surface area contributed by atoms with Gasteiger partial charge in [0.05, 0.1) is 12.5 Å². The van der Waals surface area contributed by atoms with E-state index in [1.54, 1.807) is 6.92 Å². The maximum absolute atomic E-state index is 12.5. The van der Waals surface area contributed by atoms with Gasteiger partial charge in [0.15, 0.2) is 0 Å². The molecule has 0 radical (unpaired) electrons. The van der Waals surface area contributed by atoms with Gasteiger partial charge in [0.1, 0.15) is 5.57 Å². The maximum Gasteiger partial charge on any atom is 0.340 e. The summed E-state index contributed by atoms with van der Waals surface area (Å²) in [5, 5.41) is 7.07. The normalized spacial score (nSPS) is 16.6. The number of aromatic nitrogens is 2. The number of esters is 1. The number of fused-ring (bicyclic) bond motifs is 1. The van der Waals surface area contributed by atoms with Crippen LogP contribution in [0.5, 0.6) is 5.88 Å². The van der Waals surface area contributed by atoms with E-state index in [4.69, 9.17) is 15.2 Å². The molecule has 2 aromatic rings. The van der Waals surface area contributed by atoms with Crippen molar-refractivity contribution in [3.63, 3.8) is 0 Å². The standard InChI is InChI=1S/C18H21N3O3/c1-5-23-18(22)15-14(12-7-6-9(2)8-10(12)3)13-11(4)20-21-17(13)24-16(15)19/h6-8,14H,5,19H2,1-4H3,(H,20,21)/t14-/m1/s1. The van der Waals surface area contributed by atoms with Crippen molar-refractivity contribution in [2.45, 2.75) is 33.6 Å². The molecule has 0 spiro atoms. The van der Waals surface area contributed by atoms with Crippen molar-refractivity contribution in [3.05, 3.63) is 57.6 Å². The minimum atomic E-state index is -0.466. The second-order valence-electron chi connectivity index (χ2n) is 5.96. The van der Waals surface area contributed by atoms with E-state index in [1.165, 1.54) is 0 Å². The molecular weight excluding hydrogens is 306 g/mol. The van der Waals surface area contributed by atoms with Gasteiger partial charge in [0, 0.05) is 11.3 Å². The van der Waals surface area contributed by atoms with Gasteiger partial charge < -0.3 is 15.2 Å². The van der Waals surface area contributed by atoms with E-state index in [2.05, 4.69) is 16.3 Å². The number of H-pyrrole nitrogens is 1. The Kier molecular flexibility index (Phi) is 4.05. The van der Waals surface area contributed by atoms with Crippen LogP contribution in [0, 0.1) is 20.8 Å². The van der Waals surface area contributed by atoms with Crippen LogP contribution in [-0.2, 0) is 9.53 Å². The lowest BCUT2D eigenvalue weighted by atomic mass is 9.81. The average molecular weight is 327 g/mol. The molecule has 1 atom stereocenters. The fourth-order valence-corrected chi connectivity index (χ4v) is 3.17. The first kappa shape index (κ1) is 16.1. The number of hydrogen-bond donors (Lipinski definition) is 2. The van der Waals surface area contributed by atoms with Crippen molar-refractivity contribution in [2.24, 2.45) is 5.73 Å². The Morgan fingerprint density at radius 1 is 1.38 bits per heavy atom. The van der Waals surface area contributed by atoms with E-state index in [9.17, 15) is 4.79 Å². The van der Waals surface area contributed by atoms with E-state index >= 15 is 0 Å². The number of benzene rings is 1. The summed E-state index contributed by atoms with van der Waals surface area (Å²) in [6.07, 6.45) is 0. The summed E-state index contributed by atoms with van der Waals surface area (Å²) >= 11 is 0. The van der Waals surface area contributed by atoms with Crippen LogP contribution in [0.2, 0.25) is 0 Å². The van der Waals surface area contributed by atoms with Crippen LogP contribution in [0.15, 0.2) is 29.7 Å². The van der Waals surface area contributed by atoms with E-state index in [1.807, 2.05) is 32.9 Å². The zero-order valence-corrected chi connectivity index (χ0v) is 14.3. The molecule has 3 rings (SSSR count). The van der Waals surface area contributed by atoms with Crippen molar-refractivity contribution < 1.29 is 14.3 Å². The summed E-state index contributed by atoms with van der Waals surface area (Å²) in [4.78, 5) is 12.5. The Morgan fingerprint density at radius 2 is 2.12 bits per heavy atom. The molecule has 6 nitrogen and oxygen atoms in total. The van der Waals surface area contributed by atoms with Gasteiger partial charge in [-0.15, -0.1) is 5.10 Å². The van der Waals surface area contributed by atoms with Gasteiger partial charge >= 0.3 is 5.97 Å². The summed E-state index contributed by atoms with van der Waals surface area (Å²) in [6, 6.07) is 6.12. The van der Waals surface area contributed by atoms with E-state index in [0.717, 1.165) is 27.9 Å². The number of nitrogens with one attached hydrogen (secondary N) is 1. The molecule has 3 N–H and O–H groups in total. The van der Waals surface area contributed by atoms with Crippen molar-refractivity contribution in [1.29, 1.82) is 0 Å². The van der Waals surface area contributed by atoms with E-state index < -0.39 is 5.97 Å². The van der Waals surface area contributed by atoms with Gasteiger partial charge in [-0.2, -0.15) is 0 Å². The topological polar surface area (TPSA) is 90.2 Å². The van der Waals surface area contributed by atoms with E-state index in [-0.39, 0.29) is 18.4 Å². The zero-order valence-electron chi connectivity index (χ0n) is 14.3. The van der Waals surface area contributed by atoms with Crippen LogP contribution in [-0.4, -0.2) is 22.8 Å². The van der Waals surface area contributed by atoms with Gasteiger partial charge in [-0.1, -0.05) is 23.8 Å². The molecule has 0 bridgehead atoms. The first-order valence-corrected chi connectivity index (χ1v) is 7.90. The lowest BCUT2D eigenvalue weighted by Gasteiger charge is -2.27. The molecule has 0 fully saturated rings. The van der Waals surface area contributed by atoms with Crippen LogP contribution in [0.1, 0.15) is 40.8 Å². The molecule has 0 amide bonds. The third kappa shape index (κ3) is 2.54. The Bertz CT molecular complexity index is 836. The Labute approximate surface area is 140 Å². The summed E-state index contributed by atoms with van der Waals surface area (Å²) in [7, 11) is 0. The molecular formula is C18H21N3O3. The minimum absolute atomic E-state index is 0.0393. The number of rotatable bonds is 3. The molecule has 0 aliphatic carbocycles. The summed E-state index contributed by atoms with van der Waals surface area (Å²) in [6.45, 7) is 7.99. The Hall–Kier alpha value is -2.76. The highest BCUT2D eigenvalue weighted by Crippen LogP contribution is 2.44. The molecule has 1 aliphatic heterocycles. The highest BCUT2D eigenvalue weighted by atomic mass is 16.5. The van der Waals surface area contributed by atoms with Gasteiger partial charge in [-0.25, -0.2) is 4.79 Å². The number of aromatic amines is 1. The second kappa shape index (κ2) is 6.03. The summed E-state index contributed by atoms with van der Waals surface area (Å²) in [5.74, 6) is -0.390. The molecule has 24 heavy (non-hydrogen) atoms. The van der Waals surface area contributed by atoms with Crippen molar-refractivity contribution in [2.75, 3.05) is 6.61 Å².